The summed E-state index contributed by atoms with van der Waals surface area (Å²) < 4.78 is 5.53. The molecule has 0 aromatic heterocycles. The van der Waals surface area contributed by atoms with Gasteiger partial charge in [-0.15, -0.1) is 0 Å². The highest BCUT2D eigenvalue weighted by molar-refractivity contribution is 6.31. The lowest BCUT2D eigenvalue weighted by molar-refractivity contribution is 0.0696. The van der Waals surface area contributed by atoms with Crippen LogP contribution < -0.4 is 4.74 Å². The Morgan fingerprint density at radius 3 is 2.75 bits per heavy atom. The first-order chi connectivity index (χ1) is 7.65. The van der Waals surface area contributed by atoms with E-state index in [1.807, 2.05) is 0 Å². The summed E-state index contributed by atoms with van der Waals surface area (Å²) in [5.41, 5.74) is 0.163. The van der Waals surface area contributed by atoms with Crippen molar-refractivity contribution >= 4 is 17.6 Å². The molecule has 3 nitrogen and oxygen atoms in total. The van der Waals surface area contributed by atoms with Gasteiger partial charge in [-0.1, -0.05) is 18.0 Å². The standard InChI is InChI=1S/C12H13ClO3/c13-10-4-9(12(14)15)5-11(6-10)16-7-8-2-1-3-8/h4-6,8H,1-3,7H2,(H,14,15). The van der Waals surface area contributed by atoms with Crippen molar-refractivity contribution in [2.75, 3.05) is 6.61 Å². The highest BCUT2D eigenvalue weighted by Crippen LogP contribution is 2.28. The normalized spacial score (nSPS) is 15.6. The maximum absolute atomic E-state index is 10.8. The third-order valence-electron chi connectivity index (χ3n) is 2.83. The number of hydrogen-bond donors (Lipinski definition) is 1. The van der Waals surface area contributed by atoms with Crippen molar-refractivity contribution in [2.45, 2.75) is 19.3 Å². The molecule has 16 heavy (non-hydrogen) atoms. The first-order valence-corrected chi connectivity index (χ1v) is 5.69. The van der Waals surface area contributed by atoms with Crippen LogP contribution in [0.1, 0.15) is 29.6 Å². The summed E-state index contributed by atoms with van der Waals surface area (Å²) in [4.78, 5) is 10.8. The van der Waals surface area contributed by atoms with Crippen molar-refractivity contribution in [1.82, 2.24) is 0 Å². The fourth-order valence-corrected chi connectivity index (χ4v) is 1.87. The highest BCUT2D eigenvalue weighted by atomic mass is 35.5. The summed E-state index contributed by atoms with van der Waals surface area (Å²) in [6.45, 7) is 0.652. The molecule has 1 aliphatic rings. The summed E-state index contributed by atoms with van der Waals surface area (Å²) >= 11 is 5.81. The van der Waals surface area contributed by atoms with E-state index in [9.17, 15) is 4.79 Å². The lowest BCUT2D eigenvalue weighted by Gasteiger charge is -2.25. The van der Waals surface area contributed by atoms with Gasteiger partial charge < -0.3 is 9.84 Å². The Labute approximate surface area is 99.0 Å². The first kappa shape index (κ1) is 11.3. The summed E-state index contributed by atoms with van der Waals surface area (Å²) in [7, 11) is 0. The minimum Gasteiger partial charge on any atom is -0.493 e. The second-order valence-electron chi connectivity index (χ2n) is 4.09. The number of aromatic carboxylic acids is 1. The molecule has 0 atom stereocenters. The van der Waals surface area contributed by atoms with E-state index >= 15 is 0 Å². The van der Waals surface area contributed by atoms with Gasteiger partial charge in [0.05, 0.1) is 12.2 Å². The number of rotatable bonds is 4. The molecule has 1 fully saturated rings. The number of ether oxygens (including phenoxy) is 1. The van der Waals surface area contributed by atoms with Crippen LogP contribution in [0.25, 0.3) is 0 Å². The number of carbonyl (C=O) groups is 1. The molecule has 0 saturated heterocycles. The zero-order chi connectivity index (χ0) is 11.5. The van der Waals surface area contributed by atoms with Gasteiger partial charge in [-0.25, -0.2) is 4.79 Å². The molecule has 0 aliphatic heterocycles. The molecule has 1 aromatic carbocycles. The monoisotopic (exact) mass is 240 g/mol. The van der Waals surface area contributed by atoms with E-state index in [-0.39, 0.29) is 5.56 Å². The van der Waals surface area contributed by atoms with Crippen molar-refractivity contribution in [2.24, 2.45) is 5.92 Å². The zero-order valence-electron chi connectivity index (χ0n) is 8.78. The van der Waals surface area contributed by atoms with Gasteiger partial charge >= 0.3 is 5.97 Å². The quantitative estimate of drug-likeness (QED) is 0.879. The van der Waals surface area contributed by atoms with Gasteiger partial charge in [0, 0.05) is 5.02 Å². The van der Waals surface area contributed by atoms with Crippen LogP contribution in [0.4, 0.5) is 0 Å². The van der Waals surface area contributed by atoms with Crippen LogP contribution in [0.3, 0.4) is 0 Å². The fourth-order valence-electron chi connectivity index (χ4n) is 1.64. The molecule has 4 heteroatoms. The second kappa shape index (κ2) is 4.74. The van der Waals surface area contributed by atoms with Crippen molar-refractivity contribution < 1.29 is 14.6 Å². The van der Waals surface area contributed by atoms with Gasteiger partial charge in [-0.2, -0.15) is 0 Å². The minimum absolute atomic E-state index is 0.163. The second-order valence-corrected chi connectivity index (χ2v) is 4.53. The predicted molar refractivity (Wildman–Crippen MR) is 61.2 cm³/mol. The Morgan fingerprint density at radius 2 is 2.19 bits per heavy atom. The van der Waals surface area contributed by atoms with E-state index in [0.29, 0.717) is 23.3 Å². The van der Waals surface area contributed by atoms with Crippen molar-refractivity contribution in [3.8, 4) is 5.75 Å². The number of carboxylic acids is 1. The molecule has 0 spiro atoms. The summed E-state index contributed by atoms with van der Waals surface area (Å²) in [6, 6.07) is 4.57. The summed E-state index contributed by atoms with van der Waals surface area (Å²) in [5.74, 6) is 0.167. The van der Waals surface area contributed by atoms with E-state index in [4.69, 9.17) is 21.4 Å². The molecule has 2 rings (SSSR count). The minimum atomic E-state index is -0.990. The largest absolute Gasteiger partial charge is 0.493 e. The van der Waals surface area contributed by atoms with Crippen LogP contribution in [-0.4, -0.2) is 17.7 Å². The molecule has 86 valence electrons. The van der Waals surface area contributed by atoms with Crippen LogP contribution >= 0.6 is 11.6 Å². The molecule has 0 unspecified atom stereocenters. The third kappa shape index (κ3) is 2.67. The molecule has 1 N–H and O–H groups in total. The van der Waals surface area contributed by atoms with Gasteiger partial charge in [-0.3, -0.25) is 0 Å². The predicted octanol–water partition coefficient (Wildman–Crippen LogP) is 3.22. The van der Waals surface area contributed by atoms with Gasteiger partial charge in [0.25, 0.3) is 0 Å². The topological polar surface area (TPSA) is 46.5 Å². The molecule has 1 aromatic rings. The van der Waals surface area contributed by atoms with E-state index in [0.717, 1.165) is 0 Å². The van der Waals surface area contributed by atoms with E-state index in [2.05, 4.69) is 0 Å². The van der Waals surface area contributed by atoms with Gasteiger partial charge in [0.15, 0.2) is 0 Å². The average Bonchev–Trinajstić information content (AvgIpc) is 2.14. The molecule has 1 saturated carbocycles. The number of carboxylic acid groups (broad SMARTS) is 1. The number of hydrogen-bond acceptors (Lipinski definition) is 2. The molecule has 1 aliphatic carbocycles. The van der Waals surface area contributed by atoms with E-state index in [1.165, 1.54) is 31.4 Å². The number of benzene rings is 1. The van der Waals surface area contributed by atoms with Crippen molar-refractivity contribution in [3.05, 3.63) is 28.8 Å². The maximum Gasteiger partial charge on any atom is 0.335 e. The smallest absolute Gasteiger partial charge is 0.335 e. The van der Waals surface area contributed by atoms with Crippen LogP contribution in [0.15, 0.2) is 18.2 Å². The molecular formula is C12H13ClO3. The molecule has 0 heterocycles. The van der Waals surface area contributed by atoms with Crippen molar-refractivity contribution in [3.63, 3.8) is 0 Å². The Balaban J connectivity index is 2.04. The Morgan fingerprint density at radius 1 is 1.44 bits per heavy atom. The lowest BCUT2D eigenvalue weighted by atomic mass is 9.86. The van der Waals surface area contributed by atoms with Crippen molar-refractivity contribution in [1.29, 1.82) is 0 Å². The fraction of sp³-hybridized carbons (Fsp3) is 0.417. The lowest BCUT2D eigenvalue weighted by Crippen LogP contribution is -2.19. The van der Waals surface area contributed by atoms with Gasteiger partial charge in [0.2, 0.25) is 0 Å². The molecular weight excluding hydrogens is 228 g/mol. The van der Waals surface area contributed by atoms with Crippen LogP contribution in [0.2, 0.25) is 5.02 Å². The third-order valence-corrected chi connectivity index (χ3v) is 3.05. The molecule has 0 amide bonds. The Bertz CT molecular complexity index is 399. The molecule has 0 radical (unpaired) electrons. The number of halogens is 1. The average molecular weight is 241 g/mol. The Kier molecular flexibility index (Phi) is 3.34. The van der Waals surface area contributed by atoms with E-state index < -0.39 is 5.97 Å². The first-order valence-electron chi connectivity index (χ1n) is 5.32. The van der Waals surface area contributed by atoms with Crippen LogP contribution in [0.5, 0.6) is 5.75 Å². The van der Waals surface area contributed by atoms with Crippen LogP contribution in [-0.2, 0) is 0 Å². The van der Waals surface area contributed by atoms with E-state index in [1.54, 1.807) is 6.07 Å². The molecule has 0 bridgehead atoms. The zero-order valence-corrected chi connectivity index (χ0v) is 9.54. The summed E-state index contributed by atoms with van der Waals surface area (Å²) in [5, 5.41) is 9.25. The van der Waals surface area contributed by atoms with Gasteiger partial charge in [-0.05, 0) is 37.0 Å². The SMILES string of the molecule is O=C(O)c1cc(Cl)cc(OCC2CCC2)c1. The maximum atomic E-state index is 10.8. The van der Waals surface area contributed by atoms with Crippen LogP contribution in [0, 0.1) is 5.92 Å². The highest BCUT2D eigenvalue weighted by Gasteiger charge is 2.18. The Hall–Kier alpha value is -1.22. The summed E-state index contributed by atoms with van der Waals surface area (Å²) in [6.07, 6.45) is 3.67. The van der Waals surface area contributed by atoms with Gasteiger partial charge in [0.1, 0.15) is 5.75 Å².